The third-order valence-electron chi connectivity index (χ3n) is 3.72. The summed E-state index contributed by atoms with van der Waals surface area (Å²) in [5.74, 6) is -1.59. The molecule has 1 N–H and O–H groups in total. The van der Waals surface area contributed by atoms with Gasteiger partial charge in [-0.2, -0.15) is 8.78 Å². The lowest BCUT2D eigenvalue weighted by molar-refractivity contribution is -0.0496. The second-order valence-electron chi connectivity index (χ2n) is 5.84. The van der Waals surface area contributed by atoms with Gasteiger partial charge in [-0.05, 0) is 26.0 Å². The highest BCUT2D eigenvalue weighted by atomic mass is 35.5. The van der Waals surface area contributed by atoms with Gasteiger partial charge in [-0.3, -0.25) is 15.1 Å². The van der Waals surface area contributed by atoms with Crippen LogP contribution in [-0.4, -0.2) is 45.3 Å². The van der Waals surface area contributed by atoms with Crippen molar-refractivity contribution in [2.75, 3.05) is 11.9 Å². The predicted molar refractivity (Wildman–Crippen MR) is 108 cm³/mol. The Morgan fingerprint density at radius 1 is 1.19 bits per heavy atom. The molecule has 0 saturated heterocycles. The Balaban J connectivity index is 1.97. The molecule has 0 bridgehead atoms. The number of rotatable bonds is 7. The molecule has 3 heterocycles. The molecule has 3 rings (SSSR count). The first kappa shape index (κ1) is 22.4. The van der Waals surface area contributed by atoms with E-state index >= 15 is 0 Å². The Morgan fingerprint density at radius 2 is 1.97 bits per heavy atom. The molecule has 0 saturated carbocycles. The number of carbonyl (C=O) groups is 2. The number of aromatic nitrogens is 4. The number of nitrogens with one attached hydrogen (secondary N) is 1. The monoisotopic (exact) mass is 469 g/mol. The Labute approximate surface area is 183 Å². The molecule has 0 atom stereocenters. The number of hydrogen-bond acceptors (Lipinski definition) is 9. The zero-order chi connectivity index (χ0) is 22.5. The van der Waals surface area contributed by atoms with Crippen LogP contribution in [0.2, 0.25) is 5.15 Å². The number of nitrogens with zero attached hydrogens (tertiary/aromatic N) is 4. The van der Waals surface area contributed by atoms with Gasteiger partial charge in [-0.15, -0.1) is 10.2 Å². The molecule has 31 heavy (non-hydrogen) atoms. The third-order valence-corrected chi connectivity index (χ3v) is 4.75. The fourth-order valence-electron chi connectivity index (χ4n) is 2.49. The van der Waals surface area contributed by atoms with Crippen LogP contribution in [0, 0.1) is 6.92 Å². The van der Waals surface area contributed by atoms with Crippen LogP contribution in [0.4, 0.5) is 13.9 Å². The molecule has 0 spiro atoms. The minimum absolute atomic E-state index is 0.0145. The van der Waals surface area contributed by atoms with Crippen molar-refractivity contribution in [2.45, 2.75) is 20.5 Å². The summed E-state index contributed by atoms with van der Waals surface area (Å²) in [6, 6.07) is 2.82. The van der Waals surface area contributed by atoms with Crippen LogP contribution in [-0.2, 0) is 4.74 Å². The van der Waals surface area contributed by atoms with E-state index in [0.29, 0.717) is 5.69 Å². The maximum atomic E-state index is 12.9. The van der Waals surface area contributed by atoms with E-state index in [0.717, 1.165) is 17.5 Å². The van der Waals surface area contributed by atoms with Gasteiger partial charge in [0.2, 0.25) is 10.1 Å². The zero-order valence-corrected chi connectivity index (χ0v) is 17.6. The first-order chi connectivity index (χ1) is 14.8. The van der Waals surface area contributed by atoms with Gasteiger partial charge in [-0.1, -0.05) is 22.9 Å². The van der Waals surface area contributed by atoms with Crippen LogP contribution in [0.1, 0.15) is 32.8 Å². The lowest BCUT2D eigenvalue weighted by Gasteiger charge is -2.14. The molecule has 0 aliphatic rings. The molecule has 0 aliphatic carbocycles. The van der Waals surface area contributed by atoms with E-state index in [1.165, 1.54) is 18.3 Å². The summed E-state index contributed by atoms with van der Waals surface area (Å²) < 4.78 is 35.0. The highest BCUT2D eigenvalue weighted by Crippen LogP contribution is 2.35. The predicted octanol–water partition coefficient (Wildman–Crippen LogP) is 3.99. The highest BCUT2D eigenvalue weighted by molar-refractivity contribution is 7.17. The van der Waals surface area contributed by atoms with Crippen LogP contribution in [0.15, 0.2) is 24.5 Å². The molecule has 0 radical (unpaired) electrons. The molecular weight excluding hydrogens is 456 g/mol. The number of pyridine rings is 2. The van der Waals surface area contributed by atoms with E-state index in [-0.39, 0.29) is 44.3 Å². The maximum Gasteiger partial charge on any atom is 0.387 e. The number of anilines is 1. The van der Waals surface area contributed by atoms with Gasteiger partial charge < -0.3 is 9.47 Å². The summed E-state index contributed by atoms with van der Waals surface area (Å²) in [5.41, 5.74) is 0.906. The highest BCUT2D eigenvalue weighted by Gasteiger charge is 2.22. The average Bonchev–Trinajstić information content (AvgIpc) is 3.17. The Bertz CT molecular complexity index is 1130. The first-order valence-corrected chi connectivity index (χ1v) is 9.87. The molecule has 13 heteroatoms. The number of alkyl halides is 2. The standard InChI is InChI=1S/C18H14ClF2N5O4S/c1-3-29-16(28)15-25-26-18(31-15)24-14(27)11-6-22-8(2)4-9(11)10-5-13(19)23-7-12(10)30-17(20)21/h4-7,17H,3H2,1-2H3,(H,24,26,27). The van der Waals surface area contributed by atoms with Crippen molar-refractivity contribution in [1.82, 2.24) is 20.2 Å². The summed E-state index contributed by atoms with van der Waals surface area (Å²) in [5, 5.41) is 9.92. The topological polar surface area (TPSA) is 116 Å². The molecule has 0 aromatic carbocycles. The Kier molecular flexibility index (Phi) is 7.02. The SMILES string of the molecule is CCOC(=O)c1nnc(NC(=O)c2cnc(C)cc2-c2cc(Cl)ncc2OC(F)F)s1. The summed E-state index contributed by atoms with van der Waals surface area (Å²) in [6.07, 6.45) is 2.31. The number of carbonyl (C=O) groups excluding carboxylic acids is 2. The Hall–Kier alpha value is -3.25. The third kappa shape index (κ3) is 5.47. The number of ether oxygens (including phenoxy) is 2. The van der Waals surface area contributed by atoms with E-state index in [1.807, 2.05) is 0 Å². The maximum absolute atomic E-state index is 12.9. The summed E-state index contributed by atoms with van der Waals surface area (Å²) in [6.45, 7) is 0.364. The molecule has 0 fully saturated rings. The lowest BCUT2D eigenvalue weighted by Crippen LogP contribution is -2.14. The van der Waals surface area contributed by atoms with Crippen molar-refractivity contribution in [3.8, 4) is 16.9 Å². The van der Waals surface area contributed by atoms with Gasteiger partial charge in [0.05, 0.1) is 18.4 Å². The summed E-state index contributed by atoms with van der Waals surface area (Å²) in [4.78, 5) is 32.4. The molecule has 3 aromatic rings. The van der Waals surface area contributed by atoms with E-state index in [2.05, 4.69) is 30.2 Å². The smallest absolute Gasteiger partial charge is 0.387 e. The van der Waals surface area contributed by atoms with Crippen molar-refractivity contribution >= 4 is 39.9 Å². The quantitative estimate of drug-likeness (QED) is 0.408. The molecule has 3 aromatic heterocycles. The Morgan fingerprint density at radius 3 is 2.68 bits per heavy atom. The van der Waals surface area contributed by atoms with Crippen LogP contribution in [0.3, 0.4) is 0 Å². The van der Waals surface area contributed by atoms with Crippen LogP contribution < -0.4 is 10.1 Å². The molecule has 162 valence electrons. The van der Waals surface area contributed by atoms with Gasteiger partial charge >= 0.3 is 12.6 Å². The molecule has 0 unspecified atom stereocenters. The van der Waals surface area contributed by atoms with Crippen molar-refractivity contribution < 1.29 is 27.8 Å². The van der Waals surface area contributed by atoms with Gasteiger partial charge in [0.15, 0.2) is 5.75 Å². The molecule has 9 nitrogen and oxygen atoms in total. The molecule has 1 amide bonds. The van der Waals surface area contributed by atoms with Crippen LogP contribution in [0.5, 0.6) is 5.75 Å². The minimum atomic E-state index is -3.11. The van der Waals surface area contributed by atoms with Crippen molar-refractivity contribution in [1.29, 1.82) is 0 Å². The summed E-state index contributed by atoms with van der Waals surface area (Å²) >= 11 is 6.75. The summed E-state index contributed by atoms with van der Waals surface area (Å²) in [7, 11) is 0. The van der Waals surface area contributed by atoms with E-state index < -0.39 is 18.5 Å². The number of esters is 1. The van der Waals surface area contributed by atoms with E-state index in [1.54, 1.807) is 13.8 Å². The van der Waals surface area contributed by atoms with Gasteiger partial charge in [0.25, 0.3) is 5.91 Å². The second-order valence-corrected chi connectivity index (χ2v) is 7.20. The number of aryl methyl sites for hydroxylation is 1. The first-order valence-electron chi connectivity index (χ1n) is 8.67. The van der Waals surface area contributed by atoms with Crippen molar-refractivity contribution in [3.05, 3.63) is 45.9 Å². The number of amides is 1. The van der Waals surface area contributed by atoms with Crippen LogP contribution in [0.25, 0.3) is 11.1 Å². The fourth-order valence-corrected chi connectivity index (χ4v) is 3.29. The normalized spacial score (nSPS) is 10.8. The molecular formula is C18H14ClF2N5O4S. The number of halogens is 3. The second kappa shape index (κ2) is 9.71. The van der Waals surface area contributed by atoms with Crippen molar-refractivity contribution in [2.24, 2.45) is 0 Å². The van der Waals surface area contributed by atoms with Crippen molar-refractivity contribution in [3.63, 3.8) is 0 Å². The van der Waals surface area contributed by atoms with Gasteiger partial charge in [-0.25, -0.2) is 9.78 Å². The van der Waals surface area contributed by atoms with E-state index in [9.17, 15) is 18.4 Å². The minimum Gasteiger partial charge on any atom is -0.461 e. The van der Waals surface area contributed by atoms with Gasteiger partial charge in [0.1, 0.15) is 5.15 Å². The lowest BCUT2D eigenvalue weighted by atomic mass is 10.0. The number of hydrogen-bond donors (Lipinski definition) is 1. The average molecular weight is 470 g/mol. The van der Waals surface area contributed by atoms with E-state index in [4.69, 9.17) is 16.3 Å². The largest absolute Gasteiger partial charge is 0.461 e. The zero-order valence-electron chi connectivity index (χ0n) is 16.1. The molecule has 0 aliphatic heterocycles. The van der Waals surface area contributed by atoms with Crippen LogP contribution >= 0.6 is 22.9 Å². The van der Waals surface area contributed by atoms with Gasteiger partial charge in [0, 0.05) is 23.0 Å². The fraction of sp³-hybridized carbons (Fsp3) is 0.222.